The van der Waals surface area contributed by atoms with Crippen LogP contribution < -0.4 is 10.6 Å². The Hall–Kier alpha value is -4.01. The number of aliphatic hydroxyl groups is 1. The van der Waals surface area contributed by atoms with E-state index in [9.17, 15) is 14.7 Å². The number of aromatic nitrogens is 1. The number of carbonyl (C=O) groups is 2. The predicted molar refractivity (Wildman–Crippen MR) is 171 cm³/mol. The molecule has 4 atom stereocenters. The van der Waals surface area contributed by atoms with Crippen molar-refractivity contribution in [1.29, 1.82) is 0 Å². The first-order valence-corrected chi connectivity index (χ1v) is 15.7. The molecule has 43 heavy (non-hydrogen) atoms. The van der Waals surface area contributed by atoms with Gasteiger partial charge in [0.15, 0.2) is 0 Å². The first kappa shape index (κ1) is 31.9. The molecule has 1 heterocycles. The lowest BCUT2D eigenvalue weighted by molar-refractivity contribution is -0.124. The van der Waals surface area contributed by atoms with Crippen molar-refractivity contribution in [3.8, 4) is 0 Å². The van der Waals surface area contributed by atoms with Crippen LogP contribution in [0.25, 0.3) is 0 Å². The molecule has 1 aromatic heterocycles. The monoisotopic (exact) mass is 599 g/mol. The molecule has 8 heteroatoms. The Labute approximate surface area is 258 Å². The van der Waals surface area contributed by atoms with Crippen LogP contribution in [0.4, 0.5) is 4.79 Å². The third kappa shape index (κ3) is 10.3. The average molecular weight is 600 g/mol. The van der Waals surface area contributed by atoms with Gasteiger partial charge in [-0.05, 0) is 49.3 Å². The van der Waals surface area contributed by atoms with Gasteiger partial charge in [-0.1, -0.05) is 104 Å². The lowest BCUT2D eigenvalue weighted by Gasteiger charge is -2.28. The zero-order valence-corrected chi connectivity index (χ0v) is 25.6. The molecule has 0 aliphatic carbocycles. The van der Waals surface area contributed by atoms with Gasteiger partial charge >= 0.3 is 6.09 Å². The number of benzene rings is 3. The maximum Gasteiger partial charge on any atom is 0.408 e. The highest BCUT2D eigenvalue weighted by Crippen LogP contribution is 2.31. The molecule has 1 unspecified atom stereocenters. The van der Waals surface area contributed by atoms with Crippen molar-refractivity contribution in [1.82, 2.24) is 15.6 Å². The number of hydrogen-bond donors (Lipinski definition) is 3. The summed E-state index contributed by atoms with van der Waals surface area (Å²) in [6.07, 6.45) is 4.03. The number of aliphatic hydroxyl groups excluding tert-OH is 1. The van der Waals surface area contributed by atoms with E-state index in [4.69, 9.17) is 9.72 Å². The number of rotatable bonds is 15. The molecule has 0 aliphatic rings. The summed E-state index contributed by atoms with van der Waals surface area (Å²) in [6, 6.07) is 27.9. The summed E-state index contributed by atoms with van der Waals surface area (Å²) in [7, 11) is 0. The van der Waals surface area contributed by atoms with Crippen molar-refractivity contribution in [2.24, 2.45) is 0 Å². The number of nitrogens with zero attached hydrogens (tertiary/aromatic N) is 1. The van der Waals surface area contributed by atoms with Gasteiger partial charge in [0.1, 0.15) is 12.6 Å². The first-order chi connectivity index (χ1) is 20.9. The molecule has 0 saturated carbocycles. The van der Waals surface area contributed by atoms with Crippen molar-refractivity contribution < 1.29 is 19.4 Å². The summed E-state index contributed by atoms with van der Waals surface area (Å²) in [5.41, 5.74) is 3.02. The summed E-state index contributed by atoms with van der Waals surface area (Å²) in [5, 5.41) is 18.3. The van der Waals surface area contributed by atoms with E-state index in [0.29, 0.717) is 12.8 Å². The molecule has 0 aliphatic heterocycles. The Bertz CT molecular complexity index is 1400. The van der Waals surface area contributed by atoms with Gasteiger partial charge in [0.2, 0.25) is 5.91 Å². The summed E-state index contributed by atoms with van der Waals surface area (Å²) in [5.74, 6) is -0.414. The molecule has 0 bridgehead atoms. The smallest absolute Gasteiger partial charge is 0.408 e. The second-order valence-electron chi connectivity index (χ2n) is 10.8. The molecule has 3 aromatic carbocycles. The number of hydrogen-bond acceptors (Lipinski definition) is 6. The minimum atomic E-state index is -0.857. The summed E-state index contributed by atoms with van der Waals surface area (Å²) in [6.45, 7) is 3.87. The molecule has 0 spiro atoms. The van der Waals surface area contributed by atoms with Crippen molar-refractivity contribution in [3.05, 3.63) is 124 Å². The molecule has 7 nitrogen and oxygen atoms in total. The highest BCUT2D eigenvalue weighted by Gasteiger charge is 2.29. The Morgan fingerprint density at radius 3 is 2.05 bits per heavy atom. The van der Waals surface area contributed by atoms with Crippen LogP contribution in [0.2, 0.25) is 0 Å². The van der Waals surface area contributed by atoms with E-state index in [2.05, 4.69) is 29.7 Å². The molecule has 0 fully saturated rings. The van der Waals surface area contributed by atoms with Gasteiger partial charge in [0, 0.05) is 17.0 Å². The number of alkyl carbamates (subject to hydrolysis) is 1. The largest absolute Gasteiger partial charge is 0.445 e. The predicted octanol–water partition coefficient (Wildman–Crippen LogP) is 6.22. The van der Waals surface area contributed by atoms with Gasteiger partial charge in [0.05, 0.1) is 17.2 Å². The number of carbonyl (C=O) groups excluding carboxylic acids is 2. The van der Waals surface area contributed by atoms with Crippen molar-refractivity contribution >= 4 is 23.3 Å². The van der Waals surface area contributed by atoms with Crippen LogP contribution in [0, 0.1) is 0 Å². The first-order valence-electron chi connectivity index (χ1n) is 14.9. The Balaban J connectivity index is 1.45. The maximum absolute atomic E-state index is 13.3. The Morgan fingerprint density at radius 2 is 1.44 bits per heavy atom. The zero-order valence-electron chi connectivity index (χ0n) is 24.8. The van der Waals surface area contributed by atoms with Crippen LogP contribution in [0.15, 0.2) is 97.2 Å². The van der Waals surface area contributed by atoms with E-state index < -0.39 is 30.2 Å². The fraction of sp³-hybridized carbons (Fsp3) is 0.343. The molecular formula is C35H41N3O4S. The SMILES string of the molecule is CCCc1cnc(C(Cc2ccccc2)C[C@H](O)[C@H](Cc2ccccc2)NC(=O)[C@H](C)NC(=O)OCc2ccccc2)s1. The summed E-state index contributed by atoms with van der Waals surface area (Å²) in [4.78, 5) is 31.7. The van der Waals surface area contributed by atoms with Crippen LogP contribution in [-0.4, -0.2) is 40.3 Å². The number of ether oxygens (including phenoxy) is 1. The zero-order chi connectivity index (χ0) is 30.4. The molecular weight excluding hydrogens is 558 g/mol. The van der Waals surface area contributed by atoms with E-state index in [-0.39, 0.29) is 12.5 Å². The lowest BCUT2D eigenvalue weighted by Crippen LogP contribution is -2.52. The molecule has 2 amide bonds. The highest BCUT2D eigenvalue weighted by molar-refractivity contribution is 7.11. The second kappa shape index (κ2) is 16.6. The molecule has 0 saturated heterocycles. The quantitative estimate of drug-likeness (QED) is 0.151. The van der Waals surface area contributed by atoms with Gasteiger partial charge < -0.3 is 20.5 Å². The van der Waals surface area contributed by atoms with Crippen LogP contribution in [0.3, 0.4) is 0 Å². The van der Waals surface area contributed by atoms with E-state index in [0.717, 1.165) is 35.4 Å². The van der Waals surface area contributed by atoms with Gasteiger partial charge in [-0.3, -0.25) is 4.79 Å². The normalized spacial score (nSPS) is 13.8. The van der Waals surface area contributed by atoms with E-state index in [1.54, 1.807) is 18.3 Å². The average Bonchev–Trinajstić information content (AvgIpc) is 3.49. The second-order valence-corrected chi connectivity index (χ2v) is 12.0. The van der Waals surface area contributed by atoms with Crippen LogP contribution in [0.1, 0.15) is 59.2 Å². The van der Waals surface area contributed by atoms with Crippen molar-refractivity contribution in [2.75, 3.05) is 0 Å². The van der Waals surface area contributed by atoms with Gasteiger partial charge in [0.25, 0.3) is 0 Å². The van der Waals surface area contributed by atoms with Crippen molar-refractivity contribution in [3.63, 3.8) is 0 Å². The standard InChI is InChI=1S/C35H41N3O4S/c1-3-13-30-23-36-34(43-30)29(20-26-14-7-4-8-15-26)22-32(39)31(21-27-16-9-5-10-17-27)38-33(40)25(2)37-35(41)42-24-28-18-11-6-12-19-28/h4-12,14-19,23,25,29,31-32,39H,3,13,20-22,24H2,1-2H3,(H,37,41)(H,38,40)/t25-,29?,31-,32-/m0/s1. The minimum Gasteiger partial charge on any atom is -0.445 e. The molecule has 0 radical (unpaired) electrons. The van der Waals surface area contributed by atoms with Gasteiger partial charge in [-0.2, -0.15) is 0 Å². The minimum absolute atomic E-state index is 0.0216. The van der Waals surface area contributed by atoms with E-state index in [1.165, 1.54) is 10.4 Å². The lowest BCUT2D eigenvalue weighted by atomic mass is 9.89. The number of amides is 2. The van der Waals surface area contributed by atoms with E-state index >= 15 is 0 Å². The Kier molecular flexibility index (Phi) is 12.3. The third-order valence-electron chi connectivity index (χ3n) is 7.30. The van der Waals surface area contributed by atoms with Crippen LogP contribution in [0.5, 0.6) is 0 Å². The molecule has 4 aromatic rings. The van der Waals surface area contributed by atoms with Crippen LogP contribution >= 0.6 is 11.3 Å². The summed E-state index contributed by atoms with van der Waals surface area (Å²) >= 11 is 1.70. The van der Waals surface area contributed by atoms with Crippen molar-refractivity contribution in [2.45, 2.75) is 76.7 Å². The summed E-state index contributed by atoms with van der Waals surface area (Å²) < 4.78 is 5.29. The van der Waals surface area contributed by atoms with Gasteiger partial charge in [-0.25, -0.2) is 9.78 Å². The fourth-order valence-electron chi connectivity index (χ4n) is 4.97. The fourth-order valence-corrected chi connectivity index (χ4v) is 6.10. The maximum atomic E-state index is 13.3. The third-order valence-corrected chi connectivity index (χ3v) is 8.52. The molecule has 226 valence electrons. The molecule has 3 N–H and O–H groups in total. The topological polar surface area (TPSA) is 101 Å². The van der Waals surface area contributed by atoms with Crippen LogP contribution in [-0.2, 0) is 35.4 Å². The van der Waals surface area contributed by atoms with E-state index in [1.807, 2.05) is 85.1 Å². The van der Waals surface area contributed by atoms with Gasteiger partial charge in [-0.15, -0.1) is 11.3 Å². The Morgan fingerprint density at radius 1 is 0.860 bits per heavy atom. The molecule has 4 rings (SSSR count). The number of aryl methyl sites for hydroxylation is 1. The highest BCUT2D eigenvalue weighted by atomic mass is 32.1. The number of nitrogens with one attached hydrogen (secondary N) is 2. The number of thiazole rings is 1.